The van der Waals surface area contributed by atoms with Crippen molar-refractivity contribution >= 4 is 0 Å². The quantitative estimate of drug-likeness (QED) is 0.792. The second-order valence-electron chi connectivity index (χ2n) is 2.90. The molecule has 0 bridgehead atoms. The van der Waals surface area contributed by atoms with Gasteiger partial charge in [0.2, 0.25) is 0 Å². The molecule has 0 spiro atoms. The third-order valence-corrected chi connectivity index (χ3v) is 1.90. The van der Waals surface area contributed by atoms with Crippen molar-refractivity contribution in [2.24, 2.45) is 0 Å². The smallest absolute Gasteiger partial charge is 0.141 e. The lowest BCUT2D eigenvalue weighted by molar-refractivity contribution is 0.218. The van der Waals surface area contributed by atoms with Gasteiger partial charge in [0.1, 0.15) is 11.9 Å². The molecule has 0 aliphatic heterocycles. The minimum Gasteiger partial charge on any atom is -0.472 e. The van der Waals surface area contributed by atoms with Crippen LogP contribution in [0.25, 0.3) is 0 Å². The summed E-state index contributed by atoms with van der Waals surface area (Å²) in [6, 6.07) is 2.86. The van der Waals surface area contributed by atoms with Crippen molar-refractivity contribution in [2.45, 2.75) is 6.10 Å². The van der Waals surface area contributed by atoms with E-state index in [9.17, 15) is 9.50 Å². The van der Waals surface area contributed by atoms with Crippen molar-refractivity contribution in [3.8, 4) is 0 Å². The minimum atomic E-state index is -0.892. The van der Waals surface area contributed by atoms with Crippen molar-refractivity contribution in [1.82, 2.24) is 4.98 Å². The summed E-state index contributed by atoms with van der Waals surface area (Å²) >= 11 is 0. The van der Waals surface area contributed by atoms with Gasteiger partial charge in [0.15, 0.2) is 0 Å². The molecule has 72 valence electrons. The predicted molar refractivity (Wildman–Crippen MR) is 47.0 cm³/mol. The molecule has 0 fully saturated rings. The molecule has 1 N–H and O–H groups in total. The van der Waals surface area contributed by atoms with E-state index >= 15 is 0 Å². The Labute approximate surface area is 79.8 Å². The highest BCUT2D eigenvalue weighted by Crippen LogP contribution is 2.21. The molecular formula is C10H8FNO2. The number of aliphatic hydroxyl groups excluding tert-OH is 1. The van der Waals surface area contributed by atoms with Gasteiger partial charge in [-0.25, -0.2) is 4.39 Å². The first-order chi connectivity index (χ1) is 6.77. The molecule has 2 rings (SSSR count). The summed E-state index contributed by atoms with van der Waals surface area (Å²) in [7, 11) is 0. The maximum atomic E-state index is 12.8. The van der Waals surface area contributed by atoms with Crippen LogP contribution < -0.4 is 0 Å². The molecular weight excluding hydrogens is 185 g/mol. The lowest BCUT2D eigenvalue weighted by atomic mass is 10.1. The molecule has 0 saturated carbocycles. The Hall–Kier alpha value is -1.68. The van der Waals surface area contributed by atoms with Gasteiger partial charge in [-0.1, -0.05) is 0 Å². The van der Waals surface area contributed by atoms with Gasteiger partial charge >= 0.3 is 0 Å². The van der Waals surface area contributed by atoms with Gasteiger partial charge in [-0.15, -0.1) is 0 Å². The van der Waals surface area contributed by atoms with Gasteiger partial charge < -0.3 is 9.52 Å². The van der Waals surface area contributed by atoms with Crippen LogP contribution >= 0.6 is 0 Å². The fraction of sp³-hybridized carbons (Fsp3) is 0.100. The summed E-state index contributed by atoms with van der Waals surface area (Å²) in [5, 5.41) is 9.74. The molecule has 2 heterocycles. The normalized spacial score (nSPS) is 12.7. The maximum Gasteiger partial charge on any atom is 0.141 e. The van der Waals surface area contributed by atoms with E-state index in [-0.39, 0.29) is 0 Å². The first-order valence-corrected chi connectivity index (χ1v) is 4.08. The van der Waals surface area contributed by atoms with E-state index in [1.807, 2.05) is 0 Å². The number of nitrogens with zero attached hydrogens (tertiary/aromatic N) is 1. The van der Waals surface area contributed by atoms with Crippen LogP contribution in [0.5, 0.6) is 0 Å². The Bertz CT molecular complexity index is 414. The Balaban J connectivity index is 2.32. The molecule has 0 aromatic carbocycles. The highest BCUT2D eigenvalue weighted by atomic mass is 19.1. The molecule has 3 nitrogen and oxygen atoms in total. The highest BCUT2D eigenvalue weighted by molar-refractivity contribution is 5.24. The van der Waals surface area contributed by atoms with Gasteiger partial charge in [0.25, 0.3) is 0 Å². The van der Waals surface area contributed by atoms with Gasteiger partial charge in [-0.05, 0) is 12.1 Å². The number of aromatic nitrogens is 1. The fourth-order valence-electron chi connectivity index (χ4n) is 1.20. The van der Waals surface area contributed by atoms with Crippen molar-refractivity contribution in [3.63, 3.8) is 0 Å². The average molecular weight is 193 g/mol. The van der Waals surface area contributed by atoms with E-state index in [1.54, 1.807) is 6.07 Å². The van der Waals surface area contributed by atoms with E-state index in [4.69, 9.17) is 4.42 Å². The molecule has 0 radical (unpaired) electrons. The molecule has 1 unspecified atom stereocenters. The van der Waals surface area contributed by atoms with Crippen LogP contribution in [0.2, 0.25) is 0 Å². The van der Waals surface area contributed by atoms with E-state index in [0.717, 1.165) is 6.20 Å². The summed E-state index contributed by atoms with van der Waals surface area (Å²) in [6.45, 7) is 0. The molecule has 2 aromatic heterocycles. The van der Waals surface area contributed by atoms with E-state index in [2.05, 4.69) is 4.98 Å². The van der Waals surface area contributed by atoms with Gasteiger partial charge in [-0.3, -0.25) is 4.98 Å². The average Bonchev–Trinajstić information content (AvgIpc) is 2.69. The molecule has 4 heteroatoms. The first kappa shape index (κ1) is 8.90. The molecule has 1 atom stereocenters. The summed E-state index contributed by atoms with van der Waals surface area (Å²) < 4.78 is 17.6. The van der Waals surface area contributed by atoms with Crippen LogP contribution in [0.4, 0.5) is 4.39 Å². The number of furan rings is 1. The van der Waals surface area contributed by atoms with Crippen molar-refractivity contribution in [1.29, 1.82) is 0 Å². The molecule has 0 aliphatic rings. The maximum absolute atomic E-state index is 12.8. The predicted octanol–water partition coefficient (Wildman–Crippen LogP) is 1.90. The topological polar surface area (TPSA) is 46.3 Å². The Morgan fingerprint density at radius 2 is 2.21 bits per heavy atom. The summed E-state index contributed by atoms with van der Waals surface area (Å²) in [4.78, 5) is 3.65. The summed E-state index contributed by atoms with van der Waals surface area (Å²) in [5.74, 6) is -0.468. The third-order valence-electron chi connectivity index (χ3n) is 1.90. The van der Waals surface area contributed by atoms with Crippen LogP contribution in [0.1, 0.15) is 17.2 Å². The number of halogens is 1. The molecule has 0 aliphatic carbocycles. The SMILES string of the molecule is OC(c1ccoc1)c1cncc(F)c1. The number of pyridine rings is 1. The first-order valence-electron chi connectivity index (χ1n) is 4.08. The van der Waals surface area contributed by atoms with E-state index in [0.29, 0.717) is 11.1 Å². The second-order valence-corrected chi connectivity index (χ2v) is 2.90. The molecule has 2 aromatic rings. The number of aliphatic hydroxyl groups is 1. The van der Waals surface area contributed by atoms with Crippen LogP contribution in [-0.4, -0.2) is 10.1 Å². The highest BCUT2D eigenvalue weighted by Gasteiger charge is 2.12. The second kappa shape index (κ2) is 3.59. The van der Waals surface area contributed by atoms with Gasteiger partial charge in [-0.2, -0.15) is 0 Å². The summed E-state index contributed by atoms with van der Waals surface area (Å²) in [5.41, 5.74) is 0.990. The zero-order valence-electron chi connectivity index (χ0n) is 7.22. The lowest BCUT2D eigenvalue weighted by Crippen LogP contribution is -1.99. The monoisotopic (exact) mass is 193 g/mol. The zero-order chi connectivity index (χ0) is 9.97. The standard InChI is InChI=1S/C10H8FNO2/c11-9-3-8(4-12-5-9)10(13)7-1-2-14-6-7/h1-6,10,13H. The Morgan fingerprint density at radius 1 is 1.36 bits per heavy atom. The largest absolute Gasteiger partial charge is 0.472 e. The third kappa shape index (κ3) is 1.65. The van der Waals surface area contributed by atoms with Crippen LogP contribution in [-0.2, 0) is 0 Å². The molecule has 14 heavy (non-hydrogen) atoms. The van der Waals surface area contributed by atoms with Crippen molar-refractivity contribution in [3.05, 3.63) is 54.0 Å². The van der Waals surface area contributed by atoms with E-state index in [1.165, 1.54) is 24.8 Å². The van der Waals surface area contributed by atoms with Crippen molar-refractivity contribution in [2.75, 3.05) is 0 Å². The number of rotatable bonds is 2. The Kier molecular flexibility index (Phi) is 2.28. The fourth-order valence-corrected chi connectivity index (χ4v) is 1.20. The molecule has 0 amide bonds. The van der Waals surface area contributed by atoms with Crippen LogP contribution in [0.3, 0.4) is 0 Å². The van der Waals surface area contributed by atoms with Crippen LogP contribution in [0, 0.1) is 5.82 Å². The summed E-state index contributed by atoms with van der Waals surface area (Å²) in [6.07, 6.45) is 4.48. The Morgan fingerprint density at radius 3 is 2.86 bits per heavy atom. The van der Waals surface area contributed by atoms with Crippen LogP contribution in [0.15, 0.2) is 41.5 Å². The van der Waals surface area contributed by atoms with Crippen molar-refractivity contribution < 1.29 is 13.9 Å². The van der Waals surface area contributed by atoms with Gasteiger partial charge in [0.05, 0.1) is 18.7 Å². The van der Waals surface area contributed by atoms with E-state index < -0.39 is 11.9 Å². The number of hydrogen-bond donors (Lipinski definition) is 1. The minimum absolute atomic E-state index is 0.409. The zero-order valence-corrected chi connectivity index (χ0v) is 7.22. The van der Waals surface area contributed by atoms with Gasteiger partial charge in [0, 0.05) is 17.3 Å². The lowest BCUT2D eigenvalue weighted by Gasteiger charge is -2.07. The number of hydrogen-bond acceptors (Lipinski definition) is 3. The molecule has 0 saturated heterocycles.